The Hall–Kier alpha value is -2.41. The maximum Gasteiger partial charge on any atom is 0.345 e. The summed E-state index contributed by atoms with van der Waals surface area (Å²) < 4.78 is 5.01. The van der Waals surface area contributed by atoms with E-state index in [4.69, 9.17) is 21.4 Å². The molecule has 120 valence electrons. The van der Waals surface area contributed by atoms with E-state index in [1.54, 1.807) is 0 Å². The van der Waals surface area contributed by atoms with Gasteiger partial charge in [-0.25, -0.2) is 9.59 Å². The number of aliphatic hydroxyl groups excluding tert-OH is 2. The molecular weight excluding hydrogens is 324 g/mol. The lowest BCUT2D eigenvalue weighted by atomic mass is 10.1. The highest BCUT2D eigenvalue weighted by atomic mass is 35.5. The first-order valence-electron chi connectivity index (χ1n) is 6.54. The van der Waals surface area contributed by atoms with Crippen molar-refractivity contribution in [2.24, 2.45) is 0 Å². The Morgan fingerprint density at radius 2 is 1.35 bits per heavy atom. The average molecular weight is 337 g/mol. The summed E-state index contributed by atoms with van der Waals surface area (Å²) in [7, 11) is 0. The summed E-state index contributed by atoms with van der Waals surface area (Å²) in [5.41, 5.74) is 0.480. The van der Waals surface area contributed by atoms with E-state index in [0.717, 1.165) is 0 Å². The molecule has 0 fully saturated rings. The van der Waals surface area contributed by atoms with E-state index < -0.39 is 24.1 Å². The predicted molar refractivity (Wildman–Crippen MR) is 81.1 cm³/mol. The molecule has 7 heteroatoms. The second-order valence-electron chi connectivity index (χ2n) is 4.68. The fourth-order valence-corrected chi connectivity index (χ4v) is 1.94. The summed E-state index contributed by atoms with van der Waals surface area (Å²) in [6, 6.07) is 11.4. The fraction of sp³-hybridized carbons (Fsp3) is 0.125. The molecule has 23 heavy (non-hydrogen) atoms. The zero-order chi connectivity index (χ0) is 17.0. The van der Waals surface area contributed by atoms with Gasteiger partial charge in [0.1, 0.15) is 5.75 Å². The standard InChI is InChI=1S/C16H13ClO6/c17-11-5-1-10(2-6-11)14(19)16(22)23-12-7-3-9(4-8-12)13(18)15(20)21/h1-8,13-14,18-19H,(H,20,21)/t13-,14?/m1/s1. The number of carbonyl (C=O) groups is 2. The van der Waals surface area contributed by atoms with Crippen molar-refractivity contribution >= 4 is 23.5 Å². The molecule has 0 aliphatic heterocycles. The predicted octanol–water partition coefficient (Wildman–Crippen LogP) is 2.10. The molecule has 2 aromatic carbocycles. The number of ether oxygens (including phenoxy) is 1. The molecule has 0 heterocycles. The first-order valence-corrected chi connectivity index (χ1v) is 6.92. The molecule has 2 aromatic rings. The van der Waals surface area contributed by atoms with Crippen molar-refractivity contribution in [2.45, 2.75) is 12.2 Å². The van der Waals surface area contributed by atoms with Crippen molar-refractivity contribution in [2.75, 3.05) is 0 Å². The molecule has 0 bridgehead atoms. The normalized spacial score (nSPS) is 13.2. The van der Waals surface area contributed by atoms with Crippen LogP contribution >= 0.6 is 11.6 Å². The molecule has 1 unspecified atom stereocenters. The monoisotopic (exact) mass is 336 g/mol. The molecule has 2 atom stereocenters. The van der Waals surface area contributed by atoms with E-state index in [-0.39, 0.29) is 11.3 Å². The van der Waals surface area contributed by atoms with Crippen LogP contribution in [-0.2, 0) is 9.59 Å². The van der Waals surface area contributed by atoms with Crippen LogP contribution in [0, 0.1) is 0 Å². The topological polar surface area (TPSA) is 104 Å². The lowest BCUT2D eigenvalue weighted by Crippen LogP contribution is -2.18. The molecule has 2 rings (SSSR count). The maximum atomic E-state index is 11.9. The summed E-state index contributed by atoms with van der Waals surface area (Å²) in [5.74, 6) is -2.16. The van der Waals surface area contributed by atoms with E-state index in [2.05, 4.69) is 0 Å². The summed E-state index contributed by atoms with van der Waals surface area (Å²) in [4.78, 5) is 22.5. The van der Waals surface area contributed by atoms with Gasteiger partial charge in [0.2, 0.25) is 0 Å². The van der Waals surface area contributed by atoms with Gasteiger partial charge in [-0.05, 0) is 35.4 Å². The Balaban J connectivity index is 2.05. The van der Waals surface area contributed by atoms with Crippen LogP contribution in [0.3, 0.4) is 0 Å². The van der Waals surface area contributed by atoms with Crippen LogP contribution in [-0.4, -0.2) is 27.3 Å². The number of benzene rings is 2. The Morgan fingerprint density at radius 1 is 0.870 bits per heavy atom. The number of aliphatic carboxylic acids is 1. The first kappa shape index (κ1) is 17.0. The van der Waals surface area contributed by atoms with Crippen molar-refractivity contribution in [1.82, 2.24) is 0 Å². The van der Waals surface area contributed by atoms with Crippen molar-refractivity contribution in [3.8, 4) is 5.75 Å². The Morgan fingerprint density at radius 3 is 1.87 bits per heavy atom. The van der Waals surface area contributed by atoms with E-state index >= 15 is 0 Å². The van der Waals surface area contributed by atoms with Gasteiger partial charge in [-0.3, -0.25) is 0 Å². The third-order valence-electron chi connectivity index (χ3n) is 3.06. The number of halogens is 1. The van der Waals surface area contributed by atoms with Gasteiger partial charge < -0.3 is 20.1 Å². The number of hydrogen-bond donors (Lipinski definition) is 3. The van der Waals surface area contributed by atoms with E-state index in [1.165, 1.54) is 48.5 Å². The van der Waals surface area contributed by atoms with Gasteiger partial charge in [-0.1, -0.05) is 35.9 Å². The highest BCUT2D eigenvalue weighted by Gasteiger charge is 2.20. The third kappa shape index (κ3) is 4.29. The third-order valence-corrected chi connectivity index (χ3v) is 3.31. The second kappa shape index (κ2) is 7.23. The highest BCUT2D eigenvalue weighted by Crippen LogP contribution is 2.21. The van der Waals surface area contributed by atoms with Gasteiger partial charge in [-0.2, -0.15) is 0 Å². The number of carboxylic acid groups (broad SMARTS) is 1. The number of carboxylic acids is 1. The zero-order valence-electron chi connectivity index (χ0n) is 11.7. The SMILES string of the molecule is O=C(Oc1ccc([C@@H](O)C(=O)O)cc1)C(O)c1ccc(Cl)cc1. The van der Waals surface area contributed by atoms with E-state index in [1.807, 2.05) is 0 Å². The van der Waals surface area contributed by atoms with Crippen LogP contribution < -0.4 is 4.74 Å². The van der Waals surface area contributed by atoms with Gasteiger partial charge >= 0.3 is 11.9 Å². The van der Waals surface area contributed by atoms with Gasteiger partial charge in [0, 0.05) is 5.02 Å². The van der Waals surface area contributed by atoms with Gasteiger partial charge in [0.15, 0.2) is 12.2 Å². The summed E-state index contributed by atoms with van der Waals surface area (Å²) in [6.45, 7) is 0. The molecule has 0 radical (unpaired) electrons. The van der Waals surface area contributed by atoms with Crippen molar-refractivity contribution in [3.05, 3.63) is 64.7 Å². The number of hydrogen-bond acceptors (Lipinski definition) is 5. The second-order valence-corrected chi connectivity index (χ2v) is 5.12. The summed E-state index contributed by atoms with van der Waals surface area (Å²) in [6.07, 6.45) is -3.13. The molecule has 6 nitrogen and oxygen atoms in total. The van der Waals surface area contributed by atoms with Crippen LogP contribution in [0.2, 0.25) is 5.02 Å². The van der Waals surface area contributed by atoms with E-state index in [9.17, 15) is 19.8 Å². The minimum Gasteiger partial charge on any atom is -0.479 e. The molecule has 0 aliphatic carbocycles. The molecule has 3 N–H and O–H groups in total. The van der Waals surface area contributed by atoms with E-state index in [0.29, 0.717) is 10.6 Å². The lowest BCUT2D eigenvalue weighted by molar-refractivity contribution is -0.147. The minimum absolute atomic E-state index is 0.115. The Labute approximate surface area is 136 Å². The van der Waals surface area contributed by atoms with Crippen molar-refractivity contribution < 1.29 is 29.6 Å². The highest BCUT2D eigenvalue weighted by molar-refractivity contribution is 6.30. The molecule has 0 saturated carbocycles. The Kier molecular flexibility index (Phi) is 5.33. The van der Waals surface area contributed by atoms with Gasteiger partial charge in [-0.15, -0.1) is 0 Å². The number of carbonyl (C=O) groups excluding carboxylic acids is 1. The van der Waals surface area contributed by atoms with Crippen LogP contribution in [0.5, 0.6) is 5.75 Å². The van der Waals surface area contributed by atoms with Gasteiger partial charge in [0.25, 0.3) is 0 Å². The number of rotatable bonds is 5. The quantitative estimate of drug-likeness (QED) is 0.570. The van der Waals surface area contributed by atoms with Gasteiger partial charge in [0.05, 0.1) is 0 Å². The molecule has 0 aliphatic rings. The zero-order valence-corrected chi connectivity index (χ0v) is 12.5. The Bertz CT molecular complexity index is 696. The minimum atomic E-state index is -1.65. The number of esters is 1. The summed E-state index contributed by atoms with van der Waals surface area (Å²) in [5, 5.41) is 28.5. The molecular formula is C16H13ClO6. The first-order chi connectivity index (χ1) is 10.9. The smallest absolute Gasteiger partial charge is 0.345 e. The number of aliphatic hydroxyl groups is 2. The largest absolute Gasteiger partial charge is 0.479 e. The molecule has 0 aromatic heterocycles. The maximum absolute atomic E-state index is 11.9. The van der Waals surface area contributed by atoms with Crippen molar-refractivity contribution in [1.29, 1.82) is 0 Å². The van der Waals surface area contributed by atoms with Crippen LogP contribution in [0.4, 0.5) is 0 Å². The average Bonchev–Trinajstić information content (AvgIpc) is 2.54. The molecule has 0 amide bonds. The van der Waals surface area contributed by atoms with Crippen LogP contribution in [0.25, 0.3) is 0 Å². The fourth-order valence-electron chi connectivity index (χ4n) is 1.81. The van der Waals surface area contributed by atoms with Crippen LogP contribution in [0.1, 0.15) is 23.3 Å². The summed E-state index contributed by atoms with van der Waals surface area (Å²) >= 11 is 5.73. The lowest BCUT2D eigenvalue weighted by Gasteiger charge is -2.11. The molecule has 0 saturated heterocycles. The molecule has 0 spiro atoms. The van der Waals surface area contributed by atoms with Crippen molar-refractivity contribution in [3.63, 3.8) is 0 Å². The van der Waals surface area contributed by atoms with Crippen LogP contribution in [0.15, 0.2) is 48.5 Å².